The minimum absolute atomic E-state index is 0.423. The number of esters is 1. The molecule has 0 saturated carbocycles. The first-order valence-corrected chi connectivity index (χ1v) is 6.38. The van der Waals surface area contributed by atoms with E-state index in [4.69, 9.17) is 9.84 Å². The number of carboxylic acids is 1. The lowest BCUT2D eigenvalue weighted by Crippen LogP contribution is -2.18. The summed E-state index contributed by atoms with van der Waals surface area (Å²) in [7, 11) is 0. The number of ether oxygens (including phenoxy) is 1. The van der Waals surface area contributed by atoms with E-state index < -0.39 is 18.0 Å². The number of hydrogen-bond acceptors (Lipinski definition) is 3. The van der Waals surface area contributed by atoms with Crippen LogP contribution in [0.25, 0.3) is 6.08 Å². The third-order valence-electron chi connectivity index (χ3n) is 2.77. The summed E-state index contributed by atoms with van der Waals surface area (Å²) < 4.78 is 4.99. The van der Waals surface area contributed by atoms with Gasteiger partial charge in [-0.2, -0.15) is 0 Å². The molecule has 0 saturated heterocycles. The van der Waals surface area contributed by atoms with Gasteiger partial charge in [-0.05, 0) is 11.6 Å². The van der Waals surface area contributed by atoms with Gasteiger partial charge in [0.25, 0.3) is 0 Å². The Kier molecular flexibility index (Phi) is 4.88. The van der Waals surface area contributed by atoms with E-state index in [1.54, 1.807) is 36.4 Å². The van der Waals surface area contributed by atoms with Crippen LogP contribution in [-0.2, 0) is 14.3 Å². The van der Waals surface area contributed by atoms with Gasteiger partial charge in [0.1, 0.15) is 0 Å². The molecule has 0 aliphatic carbocycles. The quantitative estimate of drug-likeness (QED) is 0.676. The van der Waals surface area contributed by atoms with Crippen molar-refractivity contribution in [2.45, 2.75) is 6.10 Å². The van der Waals surface area contributed by atoms with Crippen molar-refractivity contribution in [3.05, 3.63) is 77.9 Å². The highest BCUT2D eigenvalue weighted by Crippen LogP contribution is 2.18. The van der Waals surface area contributed by atoms with Crippen molar-refractivity contribution in [2.75, 3.05) is 0 Å². The highest BCUT2D eigenvalue weighted by Gasteiger charge is 2.23. The third-order valence-corrected chi connectivity index (χ3v) is 2.77. The Morgan fingerprint density at radius 3 is 2.10 bits per heavy atom. The molecule has 1 N–H and O–H groups in total. The van der Waals surface area contributed by atoms with E-state index in [1.165, 1.54) is 6.08 Å². The van der Waals surface area contributed by atoms with Gasteiger partial charge in [0.05, 0.1) is 0 Å². The molecule has 0 unspecified atom stereocenters. The molecule has 106 valence electrons. The summed E-state index contributed by atoms with van der Waals surface area (Å²) in [6, 6.07) is 17.6. The summed E-state index contributed by atoms with van der Waals surface area (Å²) >= 11 is 0. The largest absolute Gasteiger partial charge is 0.478 e. The van der Waals surface area contributed by atoms with Crippen LogP contribution in [0, 0.1) is 0 Å². The molecule has 0 bridgehead atoms. The van der Waals surface area contributed by atoms with Crippen LogP contribution < -0.4 is 0 Å². The minimum atomic E-state index is -1.31. The normalized spacial score (nSPS) is 12.0. The van der Waals surface area contributed by atoms with Gasteiger partial charge in [0.15, 0.2) is 0 Å². The molecule has 0 fully saturated rings. The molecule has 2 rings (SSSR count). The molecular weight excluding hydrogens is 268 g/mol. The molecule has 0 amide bonds. The van der Waals surface area contributed by atoms with E-state index in [2.05, 4.69) is 0 Å². The number of carboxylic acid groups (broad SMARTS) is 1. The van der Waals surface area contributed by atoms with Crippen LogP contribution in [0.15, 0.2) is 66.7 Å². The predicted molar refractivity (Wildman–Crippen MR) is 78.4 cm³/mol. The number of carbonyl (C=O) groups excluding carboxylic acids is 1. The molecule has 1 atom stereocenters. The van der Waals surface area contributed by atoms with Crippen LogP contribution in [0.3, 0.4) is 0 Å². The number of hydrogen-bond donors (Lipinski definition) is 1. The second-order valence-electron chi connectivity index (χ2n) is 4.31. The van der Waals surface area contributed by atoms with Crippen LogP contribution in [0.5, 0.6) is 0 Å². The smallest absolute Gasteiger partial charge is 0.349 e. The molecule has 0 radical (unpaired) electrons. The van der Waals surface area contributed by atoms with Crippen molar-refractivity contribution in [1.82, 2.24) is 0 Å². The Bertz CT molecular complexity index is 632. The van der Waals surface area contributed by atoms with Gasteiger partial charge in [-0.15, -0.1) is 0 Å². The first-order valence-electron chi connectivity index (χ1n) is 6.38. The topological polar surface area (TPSA) is 63.6 Å². The van der Waals surface area contributed by atoms with Gasteiger partial charge >= 0.3 is 11.9 Å². The molecule has 4 heteroatoms. The first kappa shape index (κ1) is 14.5. The van der Waals surface area contributed by atoms with E-state index >= 15 is 0 Å². The predicted octanol–water partition coefficient (Wildman–Crippen LogP) is 3.07. The van der Waals surface area contributed by atoms with Crippen molar-refractivity contribution in [1.29, 1.82) is 0 Å². The summed E-state index contributed by atoms with van der Waals surface area (Å²) in [5.74, 6) is -1.90. The average molecular weight is 282 g/mol. The van der Waals surface area contributed by atoms with Gasteiger partial charge in [-0.25, -0.2) is 9.59 Å². The van der Waals surface area contributed by atoms with Gasteiger partial charge in [-0.1, -0.05) is 60.7 Å². The molecular formula is C17H14O4. The van der Waals surface area contributed by atoms with Crippen LogP contribution >= 0.6 is 0 Å². The van der Waals surface area contributed by atoms with Crippen LogP contribution in [0.1, 0.15) is 17.2 Å². The van der Waals surface area contributed by atoms with Crippen molar-refractivity contribution in [3.63, 3.8) is 0 Å². The zero-order valence-electron chi connectivity index (χ0n) is 11.2. The lowest BCUT2D eigenvalue weighted by molar-refractivity contribution is -0.161. The Morgan fingerprint density at radius 2 is 1.52 bits per heavy atom. The highest BCUT2D eigenvalue weighted by molar-refractivity contribution is 5.89. The molecule has 2 aromatic carbocycles. The summed E-state index contributed by atoms with van der Waals surface area (Å²) in [5, 5.41) is 9.16. The summed E-state index contributed by atoms with van der Waals surface area (Å²) in [4.78, 5) is 22.9. The van der Waals surface area contributed by atoms with Crippen LogP contribution in [-0.4, -0.2) is 17.0 Å². The highest BCUT2D eigenvalue weighted by atomic mass is 16.6. The number of carbonyl (C=O) groups is 2. The zero-order valence-corrected chi connectivity index (χ0v) is 11.2. The summed E-state index contributed by atoms with van der Waals surface area (Å²) in [5.41, 5.74) is 1.26. The monoisotopic (exact) mass is 282 g/mol. The number of benzene rings is 2. The second-order valence-corrected chi connectivity index (χ2v) is 4.31. The minimum Gasteiger partial charge on any atom is -0.478 e. The lowest BCUT2D eigenvalue weighted by Gasteiger charge is -2.12. The Labute approximate surface area is 122 Å². The fourth-order valence-electron chi connectivity index (χ4n) is 1.77. The van der Waals surface area contributed by atoms with Gasteiger partial charge in [-0.3, -0.25) is 0 Å². The third kappa shape index (κ3) is 4.31. The van der Waals surface area contributed by atoms with Crippen LogP contribution in [0.2, 0.25) is 0 Å². The van der Waals surface area contributed by atoms with E-state index in [0.29, 0.717) is 5.56 Å². The summed E-state index contributed by atoms with van der Waals surface area (Å²) in [6.45, 7) is 0. The number of rotatable bonds is 5. The molecule has 0 aliphatic heterocycles. The van der Waals surface area contributed by atoms with Gasteiger partial charge < -0.3 is 9.84 Å². The van der Waals surface area contributed by atoms with Crippen molar-refractivity contribution >= 4 is 18.0 Å². The standard InChI is InChI=1S/C17H14O4/c18-15(12-11-13-7-3-1-4-8-13)21-16(17(19)20)14-9-5-2-6-10-14/h1-12,16H,(H,19,20)/b12-11+/t16-/m0/s1. The van der Waals surface area contributed by atoms with E-state index in [1.807, 2.05) is 30.3 Å². The molecule has 21 heavy (non-hydrogen) atoms. The molecule has 0 aromatic heterocycles. The molecule has 4 nitrogen and oxygen atoms in total. The maximum Gasteiger partial charge on any atom is 0.349 e. The van der Waals surface area contributed by atoms with Crippen molar-refractivity contribution in [3.8, 4) is 0 Å². The maximum absolute atomic E-state index is 11.7. The Morgan fingerprint density at radius 1 is 0.952 bits per heavy atom. The first-order chi connectivity index (χ1) is 10.2. The van der Waals surface area contributed by atoms with Crippen molar-refractivity contribution < 1.29 is 19.4 Å². The van der Waals surface area contributed by atoms with Crippen LogP contribution in [0.4, 0.5) is 0 Å². The lowest BCUT2D eigenvalue weighted by atomic mass is 10.1. The van der Waals surface area contributed by atoms with Gasteiger partial charge in [0.2, 0.25) is 6.10 Å². The van der Waals surface area contributed by atoms with E-state index in [9.17, 15) is 9.59 Å². The zero-order chi connectivity index (χ0) is 15.1. The van der Waals surface area contributed by atoms with E-state index in [-0.39, 0.29) is 0 Å². The maximum atomic E-state index is 11.7. The fraction of sp³-hybridized carbons (Fsp3) is 0.0588. The fourth-order valence-corrected chi connectivity index (χ4v) is 1.77. The van der Waals surface area contributed by atoms with E-state index in [0.717, 1.165) is 5.56 Å². The Hall–Kier alpha value is -2.88. The SMILES string of the molecule is O=C(/C=C/c1ccccc1)O[C@H](C(=O)O)c1ccccc1. The summed E-state index contributed by atoms with van der Waals surface area (Å²) in [6.07, 6.45) is 1.49. The molecule has 0 aliphatic rings. The molecule has 0 heterocycles. The second kappa shape index (κ2) is 7.05. The number of aliphatic carboxylic acids is 1. The molecule has 2 aromatic rings. The van der Waals surface area contributed by atoms with Gasteiger partial charge in [0, 0.05) is 11.6 Å². The molecule has 0 spiro atoms. The van der Waals surface area contributed by atoms with Crippen molar-refractivity contribution in [2.24, 2.45) is 0 Å². The average Bonchev–Trinajstić information content (AvgIpc) is 2.52. The Balaban J connectivity index is 2.06.